The van der Waals surface area contributed by atoms with E-state index in [1.807, 2.05) is 57.9 Å². The van der Waals surface area contributed by atoms with Crippen LogP contribution >= 0.6 is 0 Å². The number of hydrogen-bond acceptors (Lipinski definition) is 4. The highest BCUT2D eigenvalue weighted by Gasteiger charge is 1.83. The molecule has 1 aromatic carbocycles. The molecule has 4 heteroatoms. The van der Waals surface area contributed by atoms with Crippen LogP contribution in [0.1, 0.15) is 20.8 Å². The molecule has 1 rings (SSSR count). The molecule has 0 saturated carbocycles. The first kappa shape index (κ1) is 20.7. The highest BCUT2D eigenvalue weighted by Crippen LogP contribution is 2.06. The van der Waals surface area contributed by atoms with Crippen molar-refractivity contribution in [1.82, 2.24) is 0 Å². The standard InChI is InChI=1S/C8H10O.C4H8.CH2O.H2O2/c1-2-9-8-6-4-3-5-7-8;1-4(2)3;2*1-2/h3-7H,2H2,1H3;1H2,2-3H3;1H2;1-2H. The first-order chi connectivity index (χ1) is 8.16. The van der Waals surface area contributed by atoms with Crippen molar-refractivity contribution in [2.45, 2.75) is 20.8 Å². The van der Waals surface area contributed by atoms with E-state index in [4.69, 9.17) is 20.0 Å². The van der Waals surface area contributed by atoms with E-state index in [2.05, 4.69) is 6.58 Å². The Balaban J connectivity index is -0.000000208. The minimum absolute atomic E-state index is 0.740. The summed E-state index contributed by atoms with van der Waals surface area (Å²) in [5, 5.41) is 12.0. The summed E-state index contributed by atoms with van der Waals surface area (Å²) >= 11 is 0. The number of carbonyl (C=O) groups is 1. The third-order valence-corrected chi connectivity index (χ3v) is 1.05. The van der Waals surface area contributed by atoms with Gasteiger partial charge >= 0.3 is 0 Å². The number of para-hydroxylation sites is 1. The van der Waals surface area contributed by atoms with Crippen molar-refractivity contribution in [3.8, 4) is 5.75 Å². The SMILES string of the molecule is C=C(C)C.C=O.CCOc1ccccc1.OO. The predicted octanol–water partition coefficient (Wildman–Crippen LogP) is 3.50. The summed E-state index contributed by atoms with van der Waals surface area (Å²) < 4.78 is 5.21. The molecule has 0 saturated heterocycles. The second-order valence-electron chi connectivity index (χ2n) is 2.95. The molecule has 0 atom stereocenters. The van der Waals surface area contributed by atoms with E-state index in [1.54, 1.807) is 0 Å². The predicted molar refractivity (Wildman–Crippen MR) is 70.5 cm³/mol. The Labute approximate surface area is 103 Å². The van der Waals surface area contributed by atoms with Crippen molar-refractivity contribution in [3.63, 3.8) is 0 Å². The van der Waals surface area contributed by atoms with Crippen molar-refractivity contribution in [1.29, 1.82) is 0 Å². The van der Waals surface area contributed by atoms with Crippen molar-refractivity contribution in [2.24, 2.45) is 0 Å². The molecule has 0 aliphatic carbocycles. The topological polar surface area (TPSA) is 66.8 Å². The zero-order valence-corrected chi connectivity index (χ0v) is 10.7. The monoisotopic (exact) mass is 242 g/mol. The van der Waals surface area contributed by atoms with Gasteiger partial charge in [-0.25, -0.2) is 0 Å². The molecular weight excluding hydrogens is 220 g/mol. The van der Waals surface area contributed by atoms with Crippen LogP contribution in [-0.4, -0.2) is 23.9 Å². The third kappa shape index (κ3) is 25.0. The molecule has 0 spiro atoms. The summed E-state index contributed by atoms with van der Waals surface area (Å²) in [5.74, 6) is 0.944. The van der Waals surface area contributed by atoms with E-state index in [0.717, 1.165) is 12.4 Å². The molecule has 0 aliphatic heterocycles. The second kappa shape index (κ2) is 19.9. The van der Waals surface area contributed by atoms with Crippen LogP contribution in [0.4, 0.5) is 0 Å². The van der Waals surface area contributed by atoms with Crippen LogP contribution in [0.5, 0.6) is 5.75 Å². The van der Waals surface area contributed by atoms with Crippen LogP contribution in [0.25, 0.3) is 0 Å². The first-order valence-electron chi connectivity index (χ1n) is 4.95. The molecule has 0 aromatic heterocycles. The Hall–Kier alpha value is -1.65. The second-order valence-corrected chi connectivity index (χ2v) is 2.95. The van der Waals surface area contributed by atoms with E-state index >= 15 is 0 Å². The minimum atomic E-state index is 0.740. The van der Waals surface area contributed by atoms with Gasteiger partial charge in [0.2, 0.25) is 0 Å². The molecule has 0 bridgehead atoms. The third-order valence-electron chi connectivity index (χ3n) is 1.05. The fraction of sp³-hybridized carbons (Fsp3) is 0.308. The molecule has 98 valence electrons. The normalized spacial score (nSPS) is 6.88. The maximum atomic E-state index is 8.00. The van der Waals surface area contributed by atoms with Crippen molar-refractivity contribution in [2.75, 3.05) is 6.61 Å². The molecule has 17 heavy (non-hydrogen) atoms. The number of allylic oxidation sites excluding steroid dienone is 1. The summed E-state index contributed by atoms with van der Waals surface area (Å²) in [6.45, 7) is 12.2. The van der Waals surface area contributed by atoms with E-state index in [9.17, 15) is 0 Å². The first-order valence-corrected chi connectivity index (χ1v) is 4.95. The molecule has 0 fully saturated rings. The maximum Gasteiger partial charge on any atom is 0.119 e. The van der Waals surface area contributed by atoms with E-state index < -0.39 is 0 Å². The number of benzene rings is 1. The largest absolute Gasteiger partial charge is 0.494 e. The number of ether oxygens (including phenoxy) is 1. The molecular formula is C13H22O4. The van der Waals surface area contributed by atoms with Gasteiger partial charge in [-0.15, -0.1) is 6.58 Å². The molecule has 1 aromatic rings. The fourth-order valence-corrected chi connectivity index (χ4v) is 0.683. The van der Waals surface area contributed by atoms with Gasteiger partial charge in [-0.05, 0) is 32.9 Å². The molecule has 0 unspecified atom stereocenters. The van der Waals surface area contributed by atoms with Crippen molar-refractivity contribution < 1.29 is 20.0 Å². The molecule has 2 N–H and O–H groups in total. The van der Waals surface area contributed by atoms with Gasteiger partial charge in [0.25, 0.3) is 0 Å². The average Bonchev–Trinajstić information content (AvgIpc) is 2.35. The molecule has 0 amide bonds. The Kier molecular flexibility index (Phi) is 24.2. The lowest BCUT2D eigenvalue weighted by atomic mass is 10.3. The summed E-state index contributed by atoms with van der Waals surface area (Å²) in [6.07, 6.45) is 0. The van der Waals surface area contributed by atoms with Crippen LogP contribution in [0.15, 0.2) is 42.5 Å². The van der Waals surface area contributed by atoms with E-state index in [0.29, 0.717) is 0 Å². The quantitative estimate of drug-likeness (QED) is 0.473. The summed E-state index contributed by atoms with van der Waals surface area (Å²) in [6, 6.07) is 9.80. The van der Waals surface area contributed by atoms with Gasteiger partial charge in [0, 0.05) is 0 Å². The van der Waals surface area contributed by atoms with Crippen LogP contribution < -0.4 is 4.74 Å². The lowest BCUT2D eigenvalue weighted by Gasteiger charge is -1.99. The Morgan fingerprint density at radius 3 is 1.82 bits per heavy atom. The highest BCUT2D eigenvalue weighted by molar-refractivity contribution is 5.20. The van der Waals surface area contributed by atoms with Gasteiger partial charge in [-0.2, -0.15) is 0 Å². The summed E-state index contributed by atoms with van der Waals surface area (Å²) in [4.78, 5) is 8.00. The lowest BCUT2D eigenvalue weighted by Crippen LogP contribution is -1.89. The summed E-state index contributed by atoms with van der Waals surface area (Å²) in [5.41, 5.74) is 1.17. The Morgan fingerprint density at radius 2 is 1.53 bits per heavy atom. The summed E-state index contributed by atoms with van der Waals surface area (Å²) in [7, 11) is 0. The fourth-order valence-electron chi connectivity index (χ4n) is 0.683. The van der Waals surface area contributed by atoms with E-state index in [1.165, 1.54) is 5.57 Å². The van der Waals surface area contributed by atoms with Crippen molar-refractivity contribution >= 4 is 6.79 Å². The Bertz CT molecular complexity index is 243. The van der Waals surface area contributed by atoms with Gasteiger partial charge in [-0.1, -0.05) is 23.8 Å². The van der Waals surface area contributed by atoms with Gasteiger partial charge in [0.15, 0.2) is 0 Å². The smallest absolute Gasteiger partial charge is 0.119 e. The number of carbonyl (C=O) groups excluding carboxylic acids is 1. The molecule has 4 nitrogen and oxygen atoms in total. The van der Waals surface area contributed by atoms with Crippen LogP contribution in [0.2, 0.25) is 0 Å². The van der Waals surface area contributed by atoms with Crippen LogP contribution in [0, 0.1) is 0 Å². The van der Waals surface area contributed by atoms with Gasteiger partial charge < -0.3 is 9.53 Å². The van der Waals surface area contributed by atoms with Gasteiger partial charge in [0.05, 0.1) is 6.61 Å². The van der Waals surface area contributed by atoms with Crippen LogP contribution in [0.3, 0.4) is 0 Å². The van der Waals surface area contributed by atoms with Gasteiger partial charge in [0.1, 0.15) is 12.5 Å². The lowest BCUT2D eigenvalue weighted by molar-refractivity contribution is -0.176. The maximum absolute atomic E-state index is 8.00. The zero-order valence-electron chi connectivity index (χ0n) is 10.7. The zero-order chi connectivity index (χ0) is 14.1. The molecule has 0 radical (unpaired) electrons. The molecule has 0 heterocycles. The minimum Gasteiger partial charge on any atom is -0.494 e. The number of rotatable bonds is 2. The van der Waals surface area contributed by atoms with E-state index in [-0.39, 0.29) is 0 Å². The Morgan fingerprint density at radius 1 is 1.18 bits per heavy atom. The van der Waals surface area contributed by atoms with Gasteiger partial charge in [-0.3, -0.25) is 10.5 Å². The number of hydrogen-bond donors (Lipinski definition) is 2. The molecule has 0 aliphatic rings. The average molecular weight is 242 g/mol. The van der Waals surface area contributed by atoms with Crippen LogP contribution in [-0.2, 0) is 4.79 Å². The van der Waals surface area contributed by atoms with Crippen molar-refractivity contribution in [3.05, 3.63) is 42.5 Å². The highest BCUT2D eigenvalue weighted by atomic mass is 17.0.